The smallest absolute Gasteiger partial charge is 0.248 e. The Bertz CT molecular complexity index is 1250. The highest BCUT2D eigenvalue weighted by molar-refractivity contribution is 7.14. The van der Waals surface area contributed by atoms with Crippen LogP contribution in [0, 0.1) is 0 Å². The minimum Gasteiger partial charge on any atom is -0.457 e. The Kier molecular flexibility index (Phi) is 6.92. The Morgan fingerprint density at radius 2 is 1.55 bits per heavy atom. The zero-order valence-electron chi connectivity index (χ0n) is 17.8. The van der Waals surface area contributed by atoms with Crippen LogP contribution in [-0.2, 0) is 9.59 Å². The van der Waals surface area contributed by atoms with Gasteiger partial charge in [0.05, 0.1) is 11.4 Å². The van der Waals surface area contributed by atoms with Crippen LogP contribution in [0.15, 0.2) is 96.4 Å². The van der Waals surface area contributed by atoms with Crippen molar-refractivity contribution < 1.29 is 14.3 Å². The first-order valence-electron chi connectivity index (χ1n) is 10.2. The summed E-state index contributed by atoms with van der Waals surface area (Å²) >= 11 is 1.34. The lowest BCUT2D eigenvalue weighted by Gasteiger charge is -2.17. The summed E-state index contributed by atoms with van der Waals surface area (Å²) < 4.78 is 5.75. The van der Waals surface area contributed by atoms with E-state index in [2.05, 4.69) is 10.3 Å². The molecule has 0 unspecified atom stereocenters. The third-order valence-electron chi connectivity index (χ3n) is 4.54. The largest absolute Gasteiger partial charge is 0.457 e. The number of carbonyl (C=O) groups is 2. The highest BCUT2D eigenvalue weighted by atomic mass is 32.1. The molecule has 4 rings (SSSR count). The Hall–Kier alpha value is -4.23. The molecule has 3 aromatic carbocycles. The molecule has 1 aromatic heterocycles. The number of nitrogens with zero attached hydrogens (tertiary/aromatic N) is 2. The maximum Gasteiger partial charge on any atom is 0.248 e. The van der Waals surface area contributed by atoms with Crippen molar-refractivity contribution in [3.63, 3.8) is 0 Å². The molecule has 164 valence electrons. The lowest BCUT2D eigenvalue weighted by molar-refractivity contribution is -0.116. The van der Waals surface area contributed by atoms with Crippen LogP contribution in [0.2, 0.25) is 0 Å². The highest BCUT2D eigenvalue weighted by Crippen LogP contribution is 2.29. The van der Waals surface area contributed by atoms with Crippen LogP contribution in [0.3, 0.4) is 0 Å². The standard InChI is InChI=1S/C26H21N3O3S/c1-19(30)29(22-8-4-2-5-9-22)26-28-21(18-33-26)14-17-25(31)27-20-12-15-24(16-13-20)32-23-10-6-3-7-11-23/h2-18H,1H3,(H,27,31). The van der Waals surface area contributed by atoms with Crippen molar-refractivity contribution in [3.8, 4) is 11.5 Å². The molecular weight excluding hydrogens is 434 g/mol. The SMILES string of the molecule is CC(=O)N(c1ccccc1)c1nc(C=CC(=O)Nc2ccc(Oc3ccccc3)cc2)cs1. The average Bonchev–Trinajstić information content (AvgIpc) is 3.29. The molecule has 0 spiro atoms. The van der Waals surface area contributed by atoms with Crippen molar-refractivity contribution in [3.05, 3.63) is 102 Å². The summed E-state index contributed by atoms with van der Waals surface area (Å²) in [5, 5.41) is 5.15. The van der Waals surface area contributed by atoms with Crippen LogP contribution >= 0.6 is 11.3 Å². The van der Waals surface area contributed by atoms with E-state index in [0.717, 1.165) is 11.4 Å². The number of hydrogen-bond donors (Lipinski definition) is 1. The topological polar surface area (TPSA) is 71.5 Å². The fourth-order valence-corrected chi connectivity index (χ4v) is 3.89. The molecule has 0 saturated heterocycles. The molecule has 33 heavy (non-hydrogen) atoms. The number of ether oxygens (including phenoxy) is 1. The van der Waals surface area contributed by atoms with Gasteiger partial charge in [0.1, 0.15) is 11.5 Å². The number of hydrogen-bond acceptors (Lipinski definition) is 5. The normalized spacial score (nSPS) is 10.7. The number of para-hydroxylation sites is 2. The molecule has 0 aliphatic rings. The molecule has 0 aliphatic heterocycles. The third-order valence-corrected chi connectivity index (χ3v) is 5.38. The Morgan fingerprint density at radius 3 is 2.21 bits per heavy atom. The monoisotopic (exact) mass is 455 g/mol. The van der Waals surface area contributed by atoms with Gasteiger partial charge >= 0.3 is 0 Å². The maximum absolute atomic E-state index is 12.3. The fourth-order valence-electron chi connectivity index (χ4n) is 3.04. The van der Waals surface area contributed by atoms with E-state index >= 15 is 0 Å². The molecule has 4 aromatic rings. The van der Waals surface area contributed by atoms with Gasteiger partial charge < -0.3 is 10.1 Å². The first kappa shape index (κ1) is 22.0. The van der Waals surface area contributed by atoms with Crippen molar-refractivity contribution in [1.29, 1.82) is 0 Å². The molecule has 0 radical (unpaired) electrons. The van der Waals surface area contributed by atoms with Crippen LogP contribution < -0.4 is 15.0 Å². The summed E-state index contributed by atoms with van der Waals surface area (Å²) in [4.78, 5) is 30.5. The van der Waals surface area contributed by atoms with Crippen molar-refractivity contribution in [2.24, 2.45) is 0 Å². The number of amides is 2. The molecule has 0 fully saturated rings. The molecule has 0 atom stereocenters. The van der Waals surface area contributed by atoms with Gasteiger partial charge in [-0.1, -0.05) is 36.4 Å². The van der Waals surface area contributed by atoms with Crippen molar-refractivity contribution in [2.45, 2.75) is 6.92 Å². The van der Waals surface area contributed by atoms with E-state index in [-0.39, 0.29) is 11.8 Å². The lowest BCUT2D eigenvalue weighted by atomic mass is 10.3. The van der Waals surface area contributed by atoms with Crippen molar-refractivity contribution in [2.75, 3.05) is 10.2 Å². The number of aromatic nitrogens is 1. The number of carbonyl (C=O) groups excluding carboxylic acids is 2. The van der Waals surface area contributed by atoms with Crippen LogP contribution in [0.25, 0.3) is 6.08 Å². The Morgan fingerprint density at radius 1 is 0.909 bits per heavy atom. The summed E-state index contributed by atoms with van der Waals surface area (Å²) in [6.45, 7) is 1.49. The average molecular weight is 456 g/mol. The summed E-state index contributed by atoms with van der Waals surface area (Å²) in [7, 11) is 0. The van der Waals surface area contributed by atoms with Crippen molar-refractivity contribution >= 4 is 45.7 Å². The van der Waals surface area contributed by atoms with Crippen LogP contribution in [0.1, 0.15) is 12.6 Å². The van der Waals surface area contributed by atoms with Gasteiger partial charge in [-0.05, 0) is 54.6 Å². The number of rotatable bonds is 7. The zero-order chi connectivity index (χ0) is 23.0. The molecule has 0 saturated carbocycles. The van der Waals surface area contributed by atoms with Gasteiger partial charge in [0, 0.05) is 24.1 Å². The molecule has 1 heterocycles. The van der Waals surface area contributed by atoms with Gasteiger partial charge in [-0.25, -0.2) is 4.98 Å². The number of nitrogens with one attached hydrogen (secondary N) is 1. The van der Waals surface area contributed by atoms with E-state index in [4.69, 9.17) is 4.74 Å². The van der Waals surface area contributed by atoms with E-state index < -0.39 is 0 Å². The molecule has 1 N–H and O–H groups in total. The van der Waals surface area contributed by atoms with Gasteiger partial charge in [-0.2, -0.15) is 0 Å². The molecule has 0 aliphatic carbocycles. The predicted octanol–water partition coefficient (Wildman–Crippen LogP) is 6.27. The second-order valence-electron chi connectivity index (χ2n) is 7.01. The van der Waals surface area contributed by atoms with E-state index in [0.29, 0.717) is 22.3 Å². The van der Waals surface area contributed by atoms with E-state index in [1.54, 1.807) is 40.6 Å². The fraction of sp³-hybridized carbons (Fsp3) is 0.0385. The van der Waals surface area contributed by atoms with E-state index in [1.807, 2.05) is 60.7 Å². The van der Waals surface area contributed by atoms with E-state index in [9.17, 15) is 9.59 Å². The summed E-state index contributed by atoms with van der Waals surface area (Å²) in [6.07, 6.45) is 3.03. The van der Waals surface area contributed by atoms with Crippen LogP contribution in [0.5, 0.6) is 11.5 Å². The molecule has 6 nitrogen and oxygen atoms in total. The summed E-state index contributed by atoms with van der Waals surface area (Å²) in [5.74, 6) is 1.00. The maximum atomic E-state index is 12.3. The number of benzene rings is 3. The van der Waals surface area contributed by atoms with Crippen molar-refractivity contribution in [1.82, 2.24) is 4.98 Å². The first-order valence-corrected chi connectivity index (χ1v) is 11.1. The summed E-state index contributed by atoms with van der Waals surface area (Å²) in [6, 6.07) is 25.9. The molecule has 7 heteroatoms. The van der Waals surface area contributed by atoms with Gasteiger partial charge in [0.15, 0.2) is 5.13 Å². The zero-order valence-corrected chi connectivity index (χ0v) is 18.7. The second-order valence-corrected chi connectivity index (χ2v) is 7.84. The predicted molar refractivity (Wildman–Crippen MR) is 132 cm³/mol. The minimum atomic E-state index is -0.284. The molecule has 2 amide bonds. The van der Waals surface area contributed by atoms with Gasteiger partial charge in [0.2, 0.25) is 11.8 Å². The number of anilines is 3. The van der Waals surface area contributed by atoms with Crippen LogP contribution in [0.4, 0.5) is 16.5 Å². The quantitative estimate of drug-likeness (QED) is 0.333. The number of thiazole rings is 1. The molecule has 0 bridgehead atoms. The Balaban J connectivity index is 1.37. The third kappa shape index (κ3) is 5.93. The highest BCUT2D eigenvalue weighted by Gasteiger charge is 2.17. The minimum absolute atomic E-state index is 0.136. The van der Waals surface area contributed by atoms with Gasteiger partial charge in [-0.15, -0.1) is 11.3 Å². The van der Waals surface area contributed by atoms with Gasteiger partial charge in [-0.3, -0.25) is 14.5 Å². The first-order chi connectivity index (χ1) is 16.1. The Labute approximate surface area is 195 Å². The van der Waals surface area contributed by atoms with Crippen LogP contribution in [-0.4, -0.2) is 16.8 Å². The van der Waals surface area contributed by atoms with Gasteiger partial charge in [0.25, 0.3) is 0 Å². The lowest BCUT2D eigenvalue weighted by Crippen LogP contribution is -2.22. The summed E-state index contributed by atoms with van der Waals surface area (Å²) in [5.41, 5.74) is 1.99. The molecular formula is C26H21N3O3S. The second kappa shape index (κ2) is 10.4. The van der Waals surface area contributed by atoms with E-state index in [1.165, 1.54) is 24.3 Å².